The van der Waals surface area contributed by atoms with Gasteiger partial charge in [0, 0.05) is 30.4 Å². The number of pyridine rings is 1. The van der Waals surface area contributed by atoms with Gasteiger partial charge in [-0.15, -0.1) is 0 Å². The van der Waals surface area contributed by atoms with Gasteiger partial charge in [-0.05, 0) is 49.2 Å². The molecule has 0 saturated carbocycles. The third-order valence-corrected chi connectivity index (χ3v) is 3.78. The number of carbonyl (C=O) groups is 2. The predicted molar refractivity (Wildman–Crippen MR) is 86.5 cm³/mol. The lowest BCUT2D eigenvalue weighted by Gasteiger charge is -2.26. The van der Waals surface area contributed by atoms with Crippen LogP contribution in [0.25, 0.3) is 0 Å². The summed E-state index contributed by atoms with van der Waals surface area (Å²) in [6.45, 7) is 0.714. The van der Waals surface area contributed by atoms with E-state index in [4.69, 9.17) is 0 Å². The van der Waals surface area contributed by atoms with E-state index in [2.05, 4.69) is 10.3 Å². The first-order chi connectivity index (χ1) is 11.1. The summed E-state index contributed by atoms with van der Waals surface area (Å²) in [4.78, 5) is 29.7. The van der Waals surface area contributed by atoms with Crippen LogP contribution in [0.2, 0.25) is 0 Å². The Balaban J connectivity index is 1.73. The van der Waals surface area contributed by atoms with E-state index in [1.807, 2.05) is 0 Å². The molecule has 6 heteroatoms. The fraction of sp³-hybridized carbons (Fsp3) is 0.235. The van der Waals surface area contributed by atoms with Crippen molar-refractivity contribution in [3.8, 4) is 5.75 Å². The Labute approximate surface area is 133 Å². The van der Waals surface area contributed by atoms with Gasteiger partial charge in [-0.2, -0.15) is 0 Å². The van der Waals surface area contributed by atoms with Crippen LogP contribution in [0.15, 0.2) is 42.6 Å². The van der Waals surface area contributed by atoms with Crippen LogP contribution < -0.4 is 10.2 Å². The second kappa shape index (κ2) is 6.48. The highest BCUT2D eigenvalue weighted by molar-refractivity contribution is 6.04. The topological polar surface area (TPSA) is 82.5 Å². The van der Waals surface area contributed by atoms with Crippen LogP contribution in [0.4, 0.5) is 11.5 Å². The number of aromatic nitrogens is 1. The molecule has 0 atom stereocenters. The zero-order valence-corrected chi connectivity index (χ0v) is 12.5. The number of piperidine rings is 1. The van der Waals surface area contributed by atoms with Crippen molar-refractivity contribution in [3.63, 3.8) is 0 Å². The first-order valence-electron chi connectivity index (χ1n) is 7.51. The van der Waals surface area contributed by atoms with Crippen LogP contribution in [0, 0.1) is 0 Å². The lowest BCUT2D eigenvalue weighted by molar-refractivity contribution is -0.119. The van der Waals surface area contributed by atoms with E-state index in [0.29, 0.717) is 18.5 Å². The molecule has 0 bridgehead atoms. The monoisotopic (exact) mass is 311 g/mol. The summed E-state index contributed by atoms with van der Waals surface area (Å²) in [7, 11) is 0. The van der Waals surface area contributed by atoms with Crippen LogP contribution in [0.5, 0.6) is 5.75 Å². The number of anilines is 2. The summed E-state index contributed by atoms with van der Waals surface area (Å²) in [6.07, 6.45) is 3.98. The lowest BCUT2D eigenvalue weighted by Crippen LogP contribution is -2.35. The van der Waals surface area contributed by atoms with Crippen molar-refractivity contribution in [3.05, 3.63) is 48.2 Å². The SMILES string of the molecule is O=C(Nc1ncccc1O)c1ccc(N2CCCCC2=O)cc1. The van der Waals surface area contributed by atoms with E-state index in [-0.39, 0.29) is 23.4 Å². The summed E-state index contributed by atoms with van der Waals surface area (Å²) in [5, 5.41) is 12.2. The van der Waals surface area contributed by atoms with Gasteiger partial charge in [0.05, 0.1) is 0 Å². The summed E-state index contributed by atoms with van der Waals surface area (Å²) < 4.78 is 0. The number of nitrogens with one attached hydrogen (secondary N) is 1. The fourth-order valence-electron chi connectivity index (χ4n) is 2.54. The standard InChI is InChI=1S/C17H17N3O3/c21-14-4-3-10-18-16(14)19-17(23)12-6-8-13(9-7-12)20-11-2-1-5-15(20)22/h3-4,6-10,21H,1-2,5,11H2,(H,18,19,23). The molecule has 2 N–H and O–H groups in total. The maximum atomic E-state index is 12.2. The zero-order chi connectivity index (χ0) is 16.2. The number of carbonyl (C=O) groups excluding carboxylic acids is 2. The molecule has 1 aliphatic rings. The first-order valence-corrected chi connectivity index (χ1v) is 7.51. The van der Waals surface area contributed by atoms with Crippen LogP contribution >= 0.6 is 0 Å². The molecule has 2 aromatic rings. The van der Waals surface area contributed by atoms with E-state index in [1.165, 1.54) is 12.3 Å². The molecule has 3 rings (SSSR count). The molecule has 0 spiro atoms. The van der Waals surface area contributed by atoms with Crippen molar-refractivity contribution in [2.24, 2.45) is 0 Å². The average molecular weight is 311 g/mol. The van der Waals surface area contributed by atoms with Gasteiger partial charge < -0.3 is 15.3 Å². The van der Waals surface area contributed by atoms with Crippen molar-refractivity contribution < 1.29 is 14.7 Å². The predicted octanol–water partition coefficient (Wildman–Crippen LogP) is 2.56. The number of hydrogen-bond acceptors (Lipinski definition) is 4. The molecular formula is C17H17N3O3. The van der Waals surface area contributed by atoms with Crippen LogP contribution in [-0.2, 0) is 4.79 Å². The molecule has 1 aromatic carbocycles. The number of nitrogens with zero attached hydrogens (tertiary/aromatic N) is 2. The zero-order valence-electron chi connectivity index (χ0n) is 12.5. The van der Waals surface area contributed by atoms with E-state index in [9.17, 15) is 14.7 Å². The quantitative estimate of drug-likeness (QED) is 0.912. The Bertz CT molecular complexity index is 728. The molecule has 2 heterocycles. The average Bonchev–Trinajstić information content (AvgIpc) is 2.57. The molecule has 0 unspecified atom stereocenters. The molecule has 23 heavy (non-hydrogen) atoms. The Morgan fingerprint density at radius 3 is 2.65 bits per heavy atom. The molecule has 2 amide bonds. The highest BCUT2D eigenvalue weighted by Crippen LogP contribution is 2.22. The minimum atomic E-state index is -0.365. The summed E-state index contributed by atoms with van der Waals surface area (Å²) in [5.41, 5.74) is 1.23. The highest BCUT2D eigenvalue weighted by Gasteiger charge is 2.19. The maximum Gasteiger partial charge on any atom is 0.256 e. The molecule has 0 aliphatic carbocycles. The normalized spacial score (nSPS) is 14.6. The van der Waals surface area contributed by atoms with Crippen molar-refractivity contribution in [1.82, 2.24) is 4.98 Å². The molecule has 1 aromatic heterocycles. The van der Waals surface area contributed by atoms with Crippen molar-refractivity contribution >= 4 is 23.3 Å². The Kier molecular flexibility index (Phi) is 4.23. The highest BCUT2D eigenvalue weighted by atomic mass is 16.3. The van der Waals surface area contributed by atoms with Crippen molar-refractivity contribution in [2.75, 3.05) is 16.8 Å². The van der Waals surface area contributed by atoms with Gasteiger partial charge in [0.25, 0.3) is 5.91 Å². The molecule has 1 saturated heterocycles. The first kappa shape index (κ1) is 15.0. The Morgan fingerprint density at radius 1 is 1.17 bits per heavy atom. The van der Waals surface area contributed by atoms with Gasteiger partial charge in [-0.1, -0.05) is 0 Å². The third-order valence-electron chi connectivity index (χ3n) is 3.78. The molecule has 118 valence electrons. The van der Waals surface area contributed by atoms with E-state index >= 15 is 0 Å². The largest absolute Gasteiger partial charge is 0.504 e. The van der Waals surface area contributed by atoms with Gasteiger partial charge in [0.15, 0.2) is 11.6 Å². The van der Waals surface area contributed by atoms with E-state index in [0.717, 1.165) is 18.5 Å². The van der Waals surface area contributed by atoms with Crippen LogP contribution in [0.1, 0.15) is 29.6 Å². The maximum absolute atomic E-state index is 12.2. The van der Waals surface area contributed by atoms with Crippen molar-refractivity contribution in [1.29, 1.82) is 0 Å². The number of rotatable bonds is 3. The van der Waals surface area contributed by atoms with Crippen LogP contribution in [0.3, 0.4) is 0 Å². The van der Waals surface area contributed by atoms with E-state index in [1.54, 1.807) is 35.2 Å². The molecule has 1 fully saturated rings. The molecular weight excluding hydrogens is 294 g/mol. The second-order valence-corrected chi connectivity index (χ2v) is 5.37. The number of hydrogen-bond donors (Lipinski definition) is 2. The Morgan fingerprint density at radius 2 is 1.96 bits per heavy atom. The van der Waals surface area contributed by atoms with Gasteiger partial charge in [-0.25, -0.2) is 4.98 Å². The summed E-state index contributed by atoms with van der Waals surface area (Å²) in [6, 6.07) is 9.87. The summed E-state index contributed by atoms with van der Waals surface area (Å²) >= 11 is 0. The van der Waals surface area contributed by atoms with Gasteiger partial charge >= 0.3 is 0 Å². The lowest BCUT2D eigenvalue weighted by atomic mass is 10.1. The second-order valence-electron chi connectivity index (χ2n) is 5.37. The van der Waals surface area contributed by atoms with Crippen molar-refractivity contribution in [2.45, 2.75) is 19.3 Å². The summed E-state index contributed by atoms with van der Waals surface area (Å²) in [5.74, 6) is -0.216. The Hall–Kier alpha value is -2.89. The van der Waals surface area contributed by atoms with Gasteiger partial charge in [0.2, 0.25) is 5.91 Å². The molecule has 0 radical (unpaired) electrons. The van der Waals surface area contributed by atoms with Gasteiger partial charge in [-0.3, -0.25) is 9.59 Å². The number of benzene rings is 1. The molecule has 6 nitrogen and oxygen atoms in total. The number of amides is 2. The van der Waals surface area contributed by atoms with E-state index < -0.39 is 0 Å². The van der Waals surface area contributed by atoms with Crippen LogP contribution in [-0.4, -0.2) is 28.4 Å². The third kappa shape index (κ3) is 3.31. The minimum Gasteiger partial charge on any atom is -0.504 e. The number of aromatic hydroxyl groups is 1. The van der Waals surface area contributed by atoms with Gasteiger partial charge in [0.1, 0.15) is 0 Å². The smallest absolute Gasteiger partial charge is 0.256 e. The molecule has 1 aliphatic heterocycles. The fourth-order valence-corrected chi connectivity index (χ4v) is 2.54. The minimum absolute atomic E-state index is 0.0867.